The Labute approximate surface area is 138 Å². The molecule has 0 amide bonds. The minimum absolute atomic E-state index is 0.0161. The van der Waals surface area contributed by atoms with Gasteiger partial charge in [-0.25, -0.2) is 4.99 Å². The summed E-state index contributed by atoms with van der Waals surface area (Å²) < 4.78 is 5.19. The Bertz CT molecular complexity index is 543. The summed E-state index contributed by atoms with van der Waals surface area (Å²) >= 11 is 1.46. The highest BCUT2D eigenvalue weighted by Gasteiger charge is 2.10. The van der Waals surface area contributed by atoms with Crippen LogP contribution >= 0.6 is 11.8 Å². The largest absolute Gasteiger partial charge is 0.371 e. The second-order valence-electron chi connectivity index (χ2n) is 5.40. The molecule has 1 unspecified atom stereocenters. The second kappa shape index (κ2) is 8.96. The lowest BCUT2D eigenvalue weighted by Crippen LogP contribution is -2.14. The zero-order valence-corrected chi connectivity index (χ0v) is 15.3. The fourth-order valence-corrected chi connectivity index (χ4v) is 2.63. The summed E-state index contributed by atoms with van der Waals surface area (Å²) in [6, 6.07) is 4.24. The molecular weight excluding hydrogens is 294 g/mol. The van der Waals surface area contributed by atoms with Crippen LogP contribution in [0.5, 0.6) is 0 Å². The highest BCUT2D eigenvalue weighted by atomic mass is 32.2. The SMILES string of the molecule is CCN(C)C=Nc1cc(C)c(CC(=N)SC(C)OC)cc1C. The van der Waals surface area contributed by atoms with Gasteiger partial charge in [0.15, 0.2) is 0 Å². The molecule has 5 heteroatoms. The van der Waals surface area contributed by atoms with Crippen molar-refractivity contribution >= 4 is 28.8 Å². The lowest BCUT2D eigenvalue weighted by atomic mass is 10.0. The van der Waals surface area contributed by atoms with Gasteiger partial charge in [0.2, 0.25) is 0 Å². The van der Waals surface area contributed by atoms with Crippen molar-refractivity contribution in [2.45, 2.75) is 39.6 Å². The first-order chi connectivity index (χ1) is 10.4. The van der Waals surface area contributed by atoms with Crippen LogP contribution in [0.4, 0.5) is 5.69 Å². The van der Waals surface area contributed by atoms with E-state index in [1.807, 2.05) is 25.2 Å². The van der Waals surface area contributed by atoms with E-state index in [1.165, 1.54) is 22.9 Å². The Morgan fingerprint density at radius 1 is 1.41 bits per heavy atom. The lowest BCUT2D eigenvalue weighted by Gasteiger charge is -2.13. The number of hydrogen-bond donors (Lipinski definition) is 1. The molecular formula is C17H27N3OS. The summed E-state index contributed by atoms with van der Waals surface area (Å²) in [7, 11) is 3.68. The van der Waals surface area contributed by atoms with Gasteiger partial charge in [-0.1, -0.05) is 17.8 Å². The molecule has 22 heavy (non-hydrogen) atoms. The highest BCUT2D eigenvalue weighted by Crippen LogP contribution is 2.25. The van der Waals surface area contributed by atoms with Gasteiger partial charge in [0.1, 0.15) is 5.44 Å². The van der Waals surface area contributed by atoms with Crippen LogP contribution in [-0.2, 0) is 11.2 Å². The molecule has 1 aromatic rings. The van der Waals surface area contributed by atoms with Crippen LogP contribution in [0.1, 0.15) is 30.5 Å². The minimum Gasteiger partial charge on any atom is -0.371 e. The van der Waals surface area contributed by atoms with Crippen LogP contribution in [0.25, 0.3) is 0 Å². The molecule has 0 spiro atoms. The van der Waals surface area contributed by atoms with Gasteiger partial charge >= 0.3 is 0 Å². The van der Waals surface area contributed by atoms with E-state index < -0.39 is 0 Å². The highest BCUT2D eigenvalue weighted by molar-refractivity contribution is 8.14. The van der Waals surface area contributed by atoms with Gasteiger partial charge in [-0.05, 0) is 50.5 Å². The molecule has 0 saturated heterocycles. The number of rotatable bonds is 7. The summed E-state index contributed by atoms with van der Waals surface area (Å²) in [6.45, 7) is 9.13. The summed E-state index contributed by atoms with van der Waals surface area (Å²) in [5, 5.41) is 8.71. The molecule has 122 valence electrons. The van der Waals surface area contributed by atoms with Crippen molar-refractivity contribution < 1.29 is 4.74 Å². The number of methoxy groups -OCH3 is 1. The third-order valence-corrected chi connectivity index (χ3v) is 4.49. The summed E-state index contributed by atoms with van der Waals surface area (Å²) in [5.74, 6) is 0. The van der Waals surface area contributed by atoms with E-state index in [9.17, 15) is 0 Å². The maximum Gasteiger partial charge on any atom is 0.105 e. The summed E-state index contributed by atoms with van der Waals surface area (Å²) in [4.78, 5) is 6.58. The topological polar surface area (TPSA) is 48.7 Å². The maximum absolute atomic E-state index is 8.09. The van der Waals surface area contributed by atoms with Crippen molar-refractivity contribution in [2.75, 3.05) is 20.7 Å². The first-order valence-electron chi connectivity index (χ1n) is 7.48. The fraction of sp³-hybridized carbons (Fsp3) is 0.529. The summed E-state index contributed by atoms with van der Waals surface area (Å²) in [6.07, 6.45) is 2.50. The number of hydrogen-bond acceptors (Lipinski definition) is 4. The zero-order valence-electron chi connectivity index (χ0n) is 14.4. The van der Waals surface area contributed by atoms with Crippen molar-refractivity contribution in [3.8, 4) is 0 Å². The van der Waals surface area contributed by atoms with E-state index in [2.05, 4.69) is 37.9 Å². The average Bonchev–Trinajstić information content (AvgIpc) is 2.48. The summed E-state index contributed by atoms with van der Waals surface area (Å²) in [5.41, 5.74) is 4.50. The standard InChI is InChI=1S/C17H27N3OS/c1-7-20(5)11-19-16-9-12(2)15(8-13(16)3)10-17(18)22-14(4)21-6/h8-9,11,14,18H,7,10H2,1-6H3. The van der Waals surface area contributed by atoms with Gasteiger partial charge in [0, 0.05) is 27.1 Å². The smallest absolute Gasteiger partial charge is 0.105 e. The Morgan fingerprint density at radius 3 is 2.68 bits per heavy atom. The van der Waals surface area contributed by atoms with Crippen molar-refractivity contribution in [1.29, 1.82) is 5.41 Å². The molecule has 0 aliphatic heterocycles. The van der Waals surface area contributed by atoms with Crippen molar-refractivity contribution in [2.24, 2.45) is 4.99 Å². The van der Waals surface area contributed by atoms with Crippen LogP contribution in [0.2, 0.25) is 0 Å². The van der Waals surface area contributed by atoms with Gasteiger partial charge in [-0.15, -0.1) is 0 Å². The van der Waals surface area contributed by atoms with Gasteiger partial charge < -0.3 is 9.64 Å². The predicted molar refractivity (Wildman–Crippen MR) is 97.9 cm³/mol. The third kappa shape index (κ3) is 5.81. The van der Waals surface area contributed by atoms with E-state index in [-0.39, 0.29) is 5.44 Å². The number of thioether (sulfide) groups is 1. The fourth-order valence-electron chi connectivity index (χ4n) is 1.90. The van der Waals surface area contributed by atoms with Crippen LogP contribution in [0.3, 0.4) is 0 Å². The van der Waals surface area contributed by atoms with Crippen LogP contribution in [-0.4, -0.2) is 42.4 Å². The number of nitrogens with one attached hydrogen (secondary N) is 1. The first-order valence-corrected chi connectivity index (χ1v) is 8.36. The molecule has 0 aliphatic carbocycles. The quantitative estimate of drug-likeness (QED) is 0.466. The molecule has 1 N–H and O–H groups in total. The zero-order chi connectivity index (χ0) is 16.7. The molecule has 0 aromatic heterocycles. The Kier molecular flexibility index (Phi) is 7.62. The van der Waals surface area contributed by atoms with Crippen LogP contribution in [0.15, 0.2) is 17.1 Å². The predicted octanol–water partition coefficient (Wildman–Crippen LogP) is 4.16. The lowest BCUT2D eigenvalue weighted by molar-refractivity contribution is 0.188. The molecule has 0 heterocycles. The molecule has 0 fully saturated rings. The monoisotopic (exact) mass is 321 g/mol. The van der Waals surface area contributed by atoms with Gasteiger partial charge in [0.25, 0.3) is 0 Å². The molecule has 1 rings (SSSR count). The number of aliphatic imine (C=N–C) groups is 1. The maximum atomic E-state index is 8.09. The van der Waals surface area contributed by atoms with E-state index in [4.69, 9.17) is 10.1 Å². The number of ether oxygens (including phenoxy) is 1. The molecule has 4 nitrogen and oxygen atoms in total. The minimum atomic E-state index is 0.0161. The number of aryl methyl sites for hydroxylation is 2. The van der Waals surface area contributed by atoms with E-state index in [0.29, 0.717) is 11.5 Å². The van der Waals surface area contributed by atoms with Crippen molar-refractivity contribution in [1.82, 2.24) is 4.90 Å². The molecule has 1 aromatic carbocycles. The Morgan fingerprint density at radius 2 is 2.09 bits per heavy atom. The van der Waals surface area contributed by atoms with Gasteiger partial charge in [0.05, 0.1) is 17.1 Å². The van der Waals surface area contributed by atoms with Crippen LogP contribution < -0.4 is 0 Å². The number of benzene rings is 1. The average molecular weight is 321 g/mol. The first kappa shape index (κ1) is 18.7. The van der Waals surface area contributed by atoms with Crippen LogP contribution in [0, 0.1) is 19.3 Å². The van der Waals surface area contributed by atoms with Gasteiger partial charge in [-0.2, -0.15) is 0 Å². The van der Waals surface area contributed by atoms with Crippen molar-refractivity contribution in [3.63, 3.8) is 0 Å². The Hall–Kier alpha value is -1.33. The molecule has 0 bridgehead atoms. The second-order valence-corrected chi connectivity index (χ2v) is 6.80. The van der Waals surface area contributed by atoms with E-state index in [0.717, 1.165) is 17.8 Å². The molecule has 0 aliphatic rings. The van der Waals surface area contributed by atoms with E-state index >= 15 is 0 Å². The van der Waals surface area contributed by atoms with Gasteiger partial charge in [-0.3, -0.25) is 5.41 Å². The molecule has 0 radical (unpaired) electrons. The number of nitrogens with zero attached hydrogens (tertiary/aromatic N) is 2. The Balaban J connectivity index is 2.85. The van der Waals surface area contributed by atoms with Crippen molar-refractivity contribution in [3.05, 3.63) is 28.8 Å². The normalized spacial score (nSPS) is 12.6. The molecule has 1 atom stereocenters. The third-order valence-electron chi connectivity index (χ3n) is 3.54. The van der Waals surface area contributed by atoms with E-state index in [1.54, 1.807) is 7.11 Å². The molecule has 0 saturated carbocycles.